The van der Waals surface area contributed by atoms with Gasteiger partial charge in [0.05, 0.1) is 10.9 Å². The van der Waals surface area contributed by atoms with E-state index in [-0.39, 0.29) is 5.78 Å². The lowest BCUT2D eigenvalue weighted by molar-refractivity contribution is -0.112. The van der Waals surface area contributed by atoms with E-state index in [4.69, 9.17) is 4.74 Å². The van der Waals surface area contributed by atoms with Crippen LogP contribution in [0.5, 0.6) is 11.6 Å². The number of aromatic nitrogens is 2. The first-order chi connectivity index (χ1) is 11.1. The summed E-state index contributed by atoms with van der Waals surface area (Å²) < 4.78 is 6.00. The van der Waals surface area contributed by atoms with Crippen LogP contribution in [0.2, 0.25) is 0 Å². The van der Waals surface area contributed by atoms with Gasteiger partial charge < -0.3 is 4.74 Å². The van der Waals surface area contributed by atoms with E-state index in [9.17, 15) is 4.79 Å². The summed E-state index contributed by atoms with van der Waals surface area (Å²) in [5.74, 6) is 1.14. The van der Waals surface area contributed by atoms with Gasteiger partial charge in [0.15, 0.2) is 5.78 Å². The molecule has 0 saturated heterocycles. The average molecular weight is 304 g/mol. The fourth-order valence-electron chi connectivity index (χ4n) is 2.32. The van der Waals surface area contributed by atoms with Gasteiger partial charge in [0.1, 0.15) is 12.1 Å². The lowest BCUT2D eigenvalue weighted by Crippen LogP contribution is -1.94. The Morgan fingerprint density at radius 1 is 1.09 bits per heavy atom. The zero-order valence-corrected chi connectivity index (χ0v) is 13.0. The first-order valence-corrected chi connectivity index (χ1v) is 7.31. The molecule has 0 aliphatic heterocycles. The van der Waals surface area contributed by atoms with Gasteiger partial charge in [0, 0.05) is 5.56 Å². The summed E-state index contributed by atoms with van der Waals surface area (Å²) in [6, 6.07) is 13.4. The van der Waals surface area contributed by atoms with Gasteiger partial charge in [-0.15, -0.1) is 0 Å². The maximum Gasteiger partial charge on any atom is 0.230 e. The number of aryl methyl sites for hydroxylation is 1. The van der Waals surface area contributed by atoms with Gasteiger partial charge in [-0.2, -0.15) is 0 Å². The lowest BCUT2D eigenvalue weighted by Gasteiger charge is -2.10. The van der Waals surface area contributed by atoms with Crippen LogP contribution in [-0.2, 0) is 4.79 Å². The minimum Gasteiger partial charge on any atom is -0.438 e. The van der Waals surface area contributed by atoms with E-state index in [1.165, 1.54) is 19.3 Å². The highest BCUT2D eigenvalue weighted by Crippen LogP contribution is 2.30. The second-order valence-electron chi connectivity index (χ2n) is 5.23. The molecule has 0 aliphatic carbocycles. The normalized spacial score (nSPS) is 11.0. The third-order valence-electron chi connectivity index (χ3n) is 3.45. The molecule has 0 saturated carbocycles. The largest absolute Gasteiger partial charge is 0.438 e. The van der Waals surface area contributed by atoms with E-state index < -0.39 is 0 Å². The number of carbonyl (C=O) groups is 1. The van der Waals surface area contributed by atoms with Crippen molar-refractivity contribution in [3.05, 3.63) is 66.0 Å². The first-order valence-electron chi connectivity index (χ1n) is 7.31. The van der Waals surface area contributed by atoms with Gasteiger partial charge >= 0.3 is 0 Å². The minimum atomic E-state index is -0.0112. The van der Waals surface area contributed by atoms with Crippen LogP contribution in [-0.4, -0.2) is 15.8 Å². The second kappa shape index (κ2) is 6.40. The summed E-state index contributed by atoms with van der Waals surface area (Å²) in [6.07, 6.45) is 4.76. The Hall–Kier alpha value is -3.01. The molecule has 3 aromatic rings. The number of ether oxygens (including phenoxy) is 1. The van der Waals surface area contributed by atoms with Crippen LogP contribution in [0.1, 0.15) is 18.1 Å². The van der Waals surface area contributed by atoms with Crippen molar-refractivity contribution in [3.8, 4) is 11.6 Å². The van der Waals surface area contributed by atoms with Crippen LogP contribution in [0.3, 0.4) is 0 Å². The first kappa shape index (κ1) is 14.9. The van der Waals surface area contributed by atoms with Crippen molar-refractivity contribution in [2.75, 3.05) is 0 Å². The molecular weight excluding hydrogens is 288 g/mol. The zero-order valence-electron chi connectivity index (χ0n) is 13.0. The summed E-state index contributed by atoms with van der Waals surface area (Å²) >= 11 is 0. The number of fused-ring (bicyclic) bond motifs is 1. The number of benzene rings is 2. The molecule has 2 aromatic carbocycles. The number of nitrogens with zero attached hydrogens (tertiary/aromatic N) is 2. The molecule has 0 fully saturated rings. The van der Waals surface area contributed by atoms with E-state index in [0.29, 0.717) is 11.6 Å². The molecule has 0 spiro atoms. The van der Waals surface area contributed by atoms with Crippen molar-refractivity contribution in [2.45, 2.75) is 13.8 Å². The Morgan fingerprint density at radius 3 is 2.74 bits per heavy atom. The standard InChI is InChI=1S/C19H16N2O2/c1-13-6-5-8-16-18(13)20-12-21-19(16)23-17-9-4-3-7-15(17)11-10-14(2)22/h3-12H,1-2H3. The zero-order chi connectivity index (χ0) is 16.2. The predicted molar refractivity (Wildman–Crippen MR) is 90.5 cm³/mol. The highest BCUT2D eigenvalue weighted by molar-refractivity contribution is 5.92. The van der Waals surface area contributed by atoms with E-state index in [2.05, 4.69) is 9.97 Å². The third-order valence-corrected chi connectivity index (χ3v) is 3.45. The molecule has 0 bridgehead atoms. The molecule has 23 heavy (non-hydrogen) atoms. The maximum atomic E-state index is 11.2. The molecule has 114 valence electrons. The number of hydrogen-bond donors (Lipinski definition) is 0. The van der Waals surface area contributed by atoms with E-state index in [0.717, 1.165) is 22.0 Å². The van der Waals surface area contributed by atoms with Crippen molar-refractivity contribution >= 4 is 22.8 Å². The summed E-state index contributed by atoms with van der Waals surface area (Å²) in [5.41, 5.74) is 2.76. The molecule has 0 N–H and O–H groups in total. The van der Waals surface area contributed by atoms with Crippen LogP contribution in [0.4, 0.5) is 0 Å². The van der Waals surface area contributed by atoms with Gasteiger partial charge in [0.25, 0.3) is 0 Å². The summed E-state index contributed by atoms with van der Waals surface area (Å²) in [4.78, 5) is 19.7. The lowest BCUT2D eigenvalue weighted by atomic mass is 10.1. The minimum absolute atomic E-state index is 0.0112. The molecule has 1 aromatic heterocycles. The van der Waals surface area contributed by atoms with Crippen molar-refractivity contribution < 1.29 is 9.53 Å². The fourth-order valence-corrected chi connectivity index (χ4v) is 2.32. The number of hydrogen-bond acceptors (Lipinski definition) is 4. The van der Waals surface area contributed by atoms with Crippen molar-refractivity contribution in [1.82, 2.24) is 9.97 Å². The summed E-state index contributed by atoms with van der Waals surface area (Å²) in [7, 11) is 0. The van der Waals surface area contributed by atoms with Crippen LogP contribution < -0.4 is 4.74 Å². The highest BCUT2D eigenvalue weighted by atomic mass is 16.5. The quantitative estimate of drug-likeness (QED) is 0.673. The topological polar surface area (TPSA) is 52.1 Å². The number of rotatable bonds is 4. The van der Waals surface area contributed by atoms with Crippen LogP contribution in [0.15, 0.2) is 54.9 Å². The SMILES string of the molecule is CC(=O)C=Cc1ccccc1Oc1ncnc2c(C)cccc12. The Labute approximate surface area is 134 Å². The molecule has 0 unspecified atom stereocenters. The van der Waals surface area contributed by atoms with E-state index in [1.54, 1.807) is 6.08 Å². The smallest absolute Gasteiger partial charge is 0.230 e. The molecule has 1 heterocycles. The maximum absolute atomic E-state index is 11.2. The van der Waals surface area contributed by atoms with Gasteiger partial charge in [-0.25, -0.2) is 9.97 Å². The number of allylic oxidation sites excluding steroid dienone is 1. The molecule has 0 atom stereocenters. The van der Waals surface area contributed by atoms with Crippen molar-refractivity contribution in [1.29, 1.82) is 0 Å². The molecule has 3 rings (SSSR count). The van der Waals surface area contributed by atoms with Crippen LogP contribution in [0, 0.1) is 6.92 Å². The van der Waals surface area contributed by atoms with Crippen LogP contribution in [0.25, 0.3) is 17.0 Å². The Balaban J connectivity index is 2.04. The molecule has 0 amide bonds. The monoisotopic (exact) mass is 304 g/mol. The number of ketones is 1. The van der Waals surface area contributed by atoms with E-state index in [1.807, 2.05) is 49.4 Å². The van der Waals surface area contributed by atoms with E-state index >= 15 is 0 Å². The number of para-hydroxylation sites is 2. The fraction of sp³-hybridized carbons (Fsp3) is 0.105. The molecule has 0 aliphatic rings. The Morgan fingerprint density at radius 2 is 1.91 bits per heavy atom. The molecule has 4 heteroatoms. The van der Waals surface area contributed by atoms with Gasteiger partial charge in [-0.1, -0.05) is 30.3 Å². The second-order valence-corrected chi connectivity index (χ2v) is 5.23. The van der Waals surface area contributed by atoms with Crippen LogP contribution >= 0.6 is 0 Å². The van der Waals surface area contributed by atoms with Gasteiger partial charge in [-0.3, -0.25) is 4.79 Å². The van der Waals surface area contributed by atoms with Gasteiger partial charge in [-0.05, 0) is 43.7 Å². The Kier molecular flexibility index (Phi) is 4.15. The Bertz CT molecular complexity index is 901. The molecule has 0 radical (unpaired) electrons. The average Bonchev–Trinajstić information content (AvgIpc) is 2.55. The van der Waals surface area contributed by atoms with Crippen molar-refractivity contribution in [3.63, 3.8) is 0 Å². The molecular formula is C19H16N2O2. The summed E-state index contributed by atoms with van der Waals surface area (Å²) in [6.45, 7) is 3.52. The predicted octanol–water partition coefficient (Wildman–Crippen LogP) is 4.33. The third kappa shape index (κ3) is 3.26. The molecule has 4 nitrogen and oxygen atoms in total. The highest BCUT2D eigenvalue weighted by Gasteiger charge is 2.09. The summed E-state index contributed by atoms with van der Waals surface area (Å²) in [5, 5.41) is 0.859. The van der Waals surface area contributed by atoms with Crippen molar-refractivity contribution in [2.24, 2.45) is 0 Å². The number of carbonyl (C=O) groups excluding carboxylic acids is 1. The van der Waals surface area contributed by atoms with Gasteiger partial charge in [0.2, 0.25) is 5.88 Å².